The van der Waals surface area contributed by atoms with Gasteiger partial charge in [0.05, 0.1) is 0 Å². The van der Waals surface area contributed by atoms with Crippen molar-refractivity contribution in [3.8, 4) is 0 Å². The molecule has 0 aromatic rings. The second-order valence-corrected chi connectivity index (χ2v) is 4.44. The molecule has 0 spiro atoms. The third-order valence-corrected chi connectivity index (χ3v) is 2.84. The van der Waals surface area contributed by atoms with Gasteiger partial charge in [0.2, 0.25) is 10.0 Å². The summed E-state index contributed by atoms with van der Waals surface area (Å²) in [7, 11) is -3.27. The fourth-order valence-electron chi connectivity index (χ4n) is 0.503. The summed E-state index contributed by atoms with van der Waals surface area (Å²) < 4.78 is 23.6. The summed E-state index contributed by atoms with van der Waals surface area (Å²) in [6.07, 6.45) is 1.23. The fourth-order valence-corrected chi connectivity index (χ4v) is 1.27. The van der Waals surface area contributed by atoms with Crippen molar-refractivity contribution in [2.75, 3.05) is 18.4 Å². The number of hydrogen-bond acceptors (Lipinski definition) is 3. The summed E-state index contributed by atoms with van der Waals surface area (Å²) in [5, 5.41) is 7.94. The number of aliphatic hydroxyl groups excluding tert-OH is 1. The summed E-state index contributed by atoms with van der Waals surface area (Å²) in [6.45, 7) is 0.429. The van der Waals surface area contributed by atoms with Crippen LogP contribution in [0.3, 0.4) is 0 Å². The maximum absolute atomic E-state index is 10.7. The average Bonchev–Trinajstić information content (AvgIpc) is 1.99. The first kappa shape index (κ1) is 11.2. The third-order valence-electron chi connectivity index (χ3n) is 1.05. The molecule has 0 unspecified atom stereocenters. The fraction of sp³-hybridized carbons (Fsp3) is 1.00. The summed E-state index contributed by atoms with van der Waals surface area (Å²) in [5.74, 6) is 0. The summed E-state index contributed by atoms with van der Waals surface area (Å²) in [4.78, 5) is 0. The van der Waals surface area contributed by atoms with Gasteiger partial charge in [0.1, 0.15) is 5.21 Å². The van der Waals surface area contributed by atoms with Crippen LogP contribution in [0.5, 0.6) is 0 Å². The van der Waals surface area contributed by atoms with E-state index in [0.717, 1.165) is 0 Å². The zero-order valence-electron chi connectivity index (χ0n) is 6.09. The summed E-state index contributed by atoms with van der Waals surface area (Å²) in [5.41, 5.74) is 0. The van der Waals surface area contributed by atoms with Crippen molar-refractivity contribution in [1.82, 2.24) is 4.72 Å². The van der Waals surface area contributed by atoms with Crippen LogP contribution in [0.4, 0.5) is 0 Å². The molecule has 0 aliphatic heterocycles. The number of unbranched alkanes of at least 4 members (excludes halogenated alkanes) is 1. The normalized spacial score (nSPS) is 11.8. The van der Waals surface area contributed by atoms with Gasteiger partial charge in [0.15, 0.2) is 0 Å². The molecule has 0 aromatic heterocycles. The topological polar surface area (TPSA) is 66.4 Å². The van der Waals surface area contributed by atoms with Crippen LogP contribution < -0.4 is 4.72 Å². The van der Waals surface area contributed by atoms with Gasteiger partial charge in [-0.15, -0.1) is 11.6 Å². The van der Waals surface area contributed by atoms with Crippen molar-refractivity contribution >= 4 is 21.6 Å². The molecule has 0 atom stereocenters. The predicted molar refractivity (Wildman–Crippen MR) is 44.0 cm³/mol. The van der Waals surface area contributed by atoms with E-state index < -0.39 is 15.2 Å². The minimum atomic E-state index is -3.27. The highest BCUT2D eigenvalue weighted by Gasteiger charge is 2.04. The molecule has 0 aromatic carbocycles. The molecule has 68 valence electrons. The van der Waals surface area contributed by atoms with E-state index in [1.807, 2.05) is 0 Å². The zero-order chi connectivity index (χ0) is 8.74. The molecule has 0 rings (SSSR count). The maximum atomic E-state index is 10.7. The van der Waals surface area contributed by atoms with Crippen molar-refractivity contribution in [3.05, 3.63) is 0 Å². The van der Waals surface area contributed by atoms with Crippen LogP contribution >= 0.6 is 11.6 Å². The van der Waals surface area contributed by atoms with E-state index in [1.54, 1.807) is 0 Å². The van der Waals surface area contributed by atoms with Gasteiger partial charge < -0.3 is 5.11 Å². The minimum Gasteiger partial charge on any atom is -0.396 e. The minimum absolute atomic E-state index is 0.0859. The molecule has 0 bridgehead atoms. The van der Waals surface area contributed by atoms with Crippen LogP contribution in [-0.4, -0.2) is 31.9 Å². The molecular weight excluding hydrogens is 190 g/mol. The molecule has 4 nitrogen and oxygen atoms in total. The van der Waals surface area contributed by atoms with Crippen LogP contribution in [-0.2, 0) is 10.0 Å². The van der Waals surface area contributed by atoms with Crippen molar-refractivity contribution in [2.24, 2.45) is 0 Å². The van der Waals surface area contributed by atoms with Gasteiger partial charge in [-0.1, -0.05) is 0 Å². The van der Waals surface area contributed by atoms with Crippen LogP contribution in [0.1, 0.15) is 12.8 Å². The van der Waals surface area contributed by atoms with Crippen molar-refractivity contribution in [2.45, 2.75) is 12.8 Å². The van der Waals surface area contributed by atoms with E-state index >= 15 is 0 Å². The van der Waals surface area contributed by atoms with Gasteiger partial charge in [-0.05, 0) is 12.8 Å². The Morgan fingerprint density at radius 3 is 2.45 bits per heavy atom. The van der Waals surface area contributed by atoms with Crippen LogP contribution in [0.25, 0.3) is 0 Å². The Morgan fingerprint density at radius 1 is 1.36 bits per heavy atom. The Morgan fingerprint density at radius 2 is 2.00 bits per heavy atom. The third kappa shape index (κ3) is 6.55. The average molecular weight is 202 g/mol. The molecular formula is C5H12ClNO3S. The number of hydrogen-bond donors (Lipinski definition) is 2. The van der Waals surface area contributed by atoms with Crippen LogP contribution in [0, 0.1) is 0 Å². The van der Waals surface area contributed by atoms with Crippen LogP contribution in [0.2, 0.25) is 0 Å². The van der Waals surface area contributed by atoms with Crippen molar-refractivity contribution in [1.29, 1.82) is 0 Å². The van der Waals surface area contributed by atoms with Crippen LogP contribution in [0.15, 0.2) is 0 Å². The first-order valence-corrected chi connectivity index (χ1v) is 5.45. The lowest BCUT2D eigenvalue weighted by Gasteiger charge is -2.01. The lowest BCUT2D eigenvalue weighted by atomic mass is 10.3. The van der Waals surface area contributed by atoms with E-state index in [4.69, 9.17) is 16.7 Å². The Bertz CT molecular complexity index is 180. The van der Waals surface area contributed by atoms with E-state index in [-0.39, 0.29) is 6.61 Å². The Hall–Kier alpha value is 0.160. The lowest BCUT2D eigenvalue weighted by molar-refractivity contribution is 0.285. The quantitative estimate of drug-likeness (QED) is 0.465. The van der Waals surface area contributed by atoms with Gasteiger partial charge in [0, 0.05) is 13.2 Å². The Kier molecular flexibility index (Phi) is 5.85. The number of rotatable bonds is 6. The standard InChI is InChI=1S/C5H12ClNO3S/c6-5-11(9,10)7-3-1-2-4-8/h7-8H,1-5H2. The summed E-state index contributed by atoms with van der Waals surface area (Å²) >= 11 is 5.11. The Labute approximate surface area is 71.6 Å². The molecule has 0 aliphatic rings. The molecule has 0 heterocycles. The first-order valence-electron chi connectivity index (χ1n) is 3.26. The molecule has 2 N–H and O–H groups in total. The molecule has 6 heteroatoms. The molecule has 0 saturated carbocycles. The maximum Gasteiger partial charge on any atom is 0.225 e. The second kappa shape index (κ2) is 5.77. The SMILES string of the molecule is O=S(=O)(CCl)NCCCCO. The van der Waals surface area contributed by atoms with E-state index in [1.165, 1.54) is 0 Å². The van der Waals surface area contributed by atoms with Crippen molar-refractivity contribution in [3.63, 3.8) is 0 Å². The highest BCUT2D eigenvalue weighted by Crippen LogP contribution is 1.90. The summed E-state index contributed by atoms with van der Waals surface area (Å²) in [6, 6.07) is 0. The second-order valence-electron chi connectivity index (χ2n) is 2.05. The highest BCUT2D eigenvalue weighted by molar-refractivity contribution is 7.90. The number of nitrogens with one attached hydrogen (secondary N) is 1. The number of halogens is 1. The van der Waals surface area contributed by atoms with E-state index in [9.17, 15) is 8.42 Å². The van der Waals surface area contributed by atoms with Gasteiger partial charge in [-0.3, -0.25) is 0 Å². The predicted octanol–water partition coefficient (Wildman–Crippen LogP) is -0.125. The van der Waals surface area contributed by atoms with E-state index in [2.05, 4.69) is 4.72 Å². The van der Waals surface area contributed by atoms with Gasteiger partial charge in [-0.25, -0.2) is 13.1 Å². The smallest absolute Gasteiger partial charge is 0.225 e. The van der Waals surface area contributed by atoms with Gasteiger partial charge in [0.25, 0.3) is 0 Å². The molecule has 0 radical (unpaired) electrons. The first-order chi connectivity index (χ1) is 5.12. The molecule has 0 fully saturated rings. The van der Waals surface area contributed by atoms with Crippen molar-refractivity contribution < 1.29 is 13.5 Å². The number of aliphatic hydroxyl groups is 1. The Balaban J connectivity index is 3.39. The van der Waals surface area contributed by atoms with E-state index in [0.29, 0.717) is 19.4 Å². The molecule has 0 amide bonds. The monoisotopic (exact) mass is 201 g/mol. The lowest BCUT2D eigenvalue weighted by Crippen LogP contribution is -2.25. The largest absolute Gasteiger partial charge is 0.396 e. The van der Waals surface area contributed by atoms with Gasteiger partial charge >= 0.3 is 0 Å². The number of alkyl halides is 1. The molecule has 0 saturated heterocycles. The highest BCUT2D eigenvalue weighted by atomic mass is 35.5. The van der Waals surface area contributed by atoms with Gasteiger partial charge in [-0.2, -0.15) is 0 Å². The zero-order valence-corrected chi connectivity index (χ0v) is 7.66. The molecule has 0 aliphatic carbocycles. The molecule has 11 heavy (non-hydrogen) atoms. The number of sulfonamides is 1.